The first kappa shape index (κ1) is 12.6. The zero-order chi connectivity index (χ0) is 14.1. The molecule has 0 saturated carbocycles. The summed E-state index contributed by atoms with van der Waals surface area (Å²) in [7, 11) is 0. The quantitative estimate of drug-likeness (QED) is 0.752. The molecule has 0 aliphatic heterocycles. The molecule has 0 amide bonds. The molecule has 0 unspecified atom stereocenters. The fourth-order valence-electron chi connectivity index (χ4n) is 2.25. The van der Waals surface area contributed by atoms with Gasteiger partial charge >= 0.3 is 0 Å². The summed E-state index contributed by atoms with van der Waals surface area (Å²) in [5.74, 6) is -0.218. The summed E-state index contributed by atoms with van der Waals surface area (Å²) in [4.78, 5) is 24.2. The van der Waals surface area contributed by atoms with Crippen LogP contribution in [0.1, 0.15) is 20.8 Å². The zero-order valence-corrected chi connectivity index (χ0v) is 11.3. The van der Waals surface area contributed by atoms with Crippen molar-refractivity contribution < 1.29 is 9.90 Å². The minimum absolute atomic E-state index is 0.194. The van der Waals surface area contributed by atoms with Gasteiger partial charge in [0.1, 0.15) is 11.3 Å². The van der Waals surface area contributed by atoms with E-state index in [1.54, 1.807) is 35.7 Å². The number of carbonyl (C=O) groups excluding carboxylic acids is 1. The van der Waals surface area contributed by atoms with Crippen molar-refractivity contribution in [2.75, 3.05) is 0 Å². The third-order valence-electron chi connectivity index (χ3n) is 3.21. The number of fused-ring (bicyclic) bond motifs is 1. The van der Waals surface area contributed by atoms with Gasteiger partial charge in [0.15, 0.2) is 6.29 Å². The van der Waals surface area contributed by atoms with E-state index in [4.69, 9.17) is 0 Å². The van der Waals surface area contributed by atoms with Gasteiger partial charge < -0.3 is 5.11 Å². The summed E-state index contributed by atoms with van der Waals surface area (Å²) < 4.78 is 1.40. The van der Waals surface area contributed by atoms with Crippen molar-refractivity contribution in [2.24, 2.45) is 0 Å². The number of hydrogen-bond acceptors (Lipinski definition) is 4. The smallest absolute Gasteiger partial charge is 0.269 e. The van der Waals surface area contributed by atoms with Gasteiger partial charge in [-0.1, -0.05) is 12.1 Å². The Morgan fingerprint density at radius 1 is 1.25 bits per heavy atom. The molecule has 0 spiro atoms. The van der Waals surface area contributed by atoms with Crippen molar-refractivity contribution in [3.8, 4) is 5.75 Å². The highest BCUT2D eigenvalue weighted by atomic mass is 32.1. The number of rotatable bonds is 3. The van der Waals surface area contributed by atoms with Crippen LogP contribution >= 0.6 is 11.3 Å². The highest BCUT2D eigenvalue weighted by molar-refractivity contribution is 7.09. The second kappa shape index (κ2) is 4.94. The van der Waals surface area contributed by atoms with Gasteiger partial charge in [-0.3, -0.25) is 14.0 Å². The largest absolute Gasteiger partial charge is 0.507 e. The van der Waals surface area contributed by atoms with E-state index in [0.717, 1.165) is 4.88 Å². The summed E-state index contributed by atoms with van der Waals surface area (Å²) in [5.41, 5.74) is 0.520. The number of carbonyl (C=O) groups is 1. The molecular weight excluding hydrogens is 274 g/mol. The summed E-state index contributed by atoms with van der Waals surface area (Å²) in [6, 6.07) is 9.16. The molecule has 0 bridgehead atoms. The van der Waals surface area contributed by atoms with Crippen LogP contribution in [0.5, 0.6) is 5.75 Å². The molecule has 100 valence electrons. The maximum Gasteiger partial charge on any atom is 0.269 e. The molecule has 3 aromatic heterocycles. The molecule has 0 radical (unpaired) electrons. The molecule has 1 N–H and O–H groups in total. The average molecular weight is 285 g/mol. The Hall–Kier alpha value is -2.40. The van der Waals surface area contributed by atoms with Gasteiger partial charge in [-0.2, -0.15) is 0 Å². The molecule has 3 rings (SSSR count). The Balaban J connectivity index is 2.34. The summed E-state index contributed by atoms with van der Waals surface area (Å²) in [6.45, 7) is 0. The maximum absolute atomic E-state index is 12.1. The van der Waals surface area contributed by atoms with Gasteiger partial charge in [0, 0.05) is 23.1 Å². The van der Waals surface area contributed by atoms with Crippen LogP contribution in [0.15, 0.2) is 46.7 Å². The number of pyridine rings is 2. The standard InChI is InChI=1S/C15H11NO3S/c17-9-12-14(18)11(8-10-4-3-7-20-10)13-5-1-2-6-16(13)15(12)19/h1-7,9,18H,8H2. The van der Waals surface area contributed by atoms with Crippen LogP contribution in [0, 0.1) is 0 Å². The van der Waals surface area contributed by atoms with E-state index >= 15 is 0 Å². The lowest BCUT2D eigenvalue weighted by atomic mass is 10.1. The normalized spacial score (nSPS) is 10.8. The van der Waals surface area contributed by atoms with Gasteiger partial charge in [-0.15, -0.1) is 11.3 Å². The lowest BCUT2D eigenvalue weighted by Gasteiger charge is -2.11. The van der Waals surface area contributed by atoms with Crippen molar-refractivity contribution in [2.45, 2.75) is 6.42 Å². The number of nitrogens with zero attached hydrogens (tertiary/aromatic N) is 1. The van der Waals surface area contributed by atoms with Crippen LogP contribution in [0.25, 0.3) is 5.52 Å². The molecule has 4 nitrogen and oxygen atoms in total. The first-order chi connectivity index (χ1) is 9.72. The van der Waals surface area contributed by atoms with Crippen molar-refractivity contribution in [1.82, 2.24) is 4.40 Å². The van der Waals surface area contributed by atoms with E-state index in [9.17, 15) is 14.7 Å². The van der Waals surface area contributed by atoms with Gasteiger partial charge in [-0.25, -0.2) is 0 Å². The first-order valence-electron chi connectivity index (χ1n) is 6.05. The van der Waals surface area contributed by atoms with E-state index in [1.807, 2.05) is 17.5 Å². The predicted octanol–water partition coefficient (Wildman–Crippen LogP) is 2.47. The molecule has 5 heteroatoms. The van der Waals surface area contributed by atoms with Crippen molar-refractivity contribution in [1.29, 1.82) is 0 Å². The number of aromatic hydroxyl groups is 1. The second-order valence-electron chi connectivity index (χ2n) is 4.38. The summed E-state index contributed by atoms with van der Waals surface area (Å²) in [6.07, 6.45) is 2.50. The number of aldehydes is 1. The van der Waals surface area contributed by atoms with Gasteiger partial charge in [-0.05, 0) is 23.6 Å². The maximum atomic E-state index is 12.1. The highest BCUT2D eigenvalue weighted by Gasteiger charge is 2.17. The highest BCUT2D eigenvalue weighted by Crippen LogP contribution is 2.27. The van der Waals surface area contributed by atoms with Gasteiger partial charge in [0.05, 0.1) is 5.52 Å². The van der Waals surface area contributed by atoms with Crippen LogP contribution in [-0.4, -0.2) is 15.8 Å². The molecule has 3 aromatic rings. The molecule has 0 aromatic carbocycles. The minimum Gasteiger partial charge on any atom is -0.507 e. The summed E-state index contributed by atoms with van der Waals surface area (Å²) in [5, 5.41) is 12.2. The monoisotopic (exact) mass is 285 g/mol. The average Bonchev–Trinajstić information content (AvgIpc) is 2.97. The van der Waals surface area contributed by atoms with Crippen molar-refractivity contribution >= 4 is 23.1 Å². The Kier molecular flexibility index (Phi) is 3.12. The van der Waals surface area contributed by atoms with Crippen molar-refractivity contribution in [3.63, 3.8) is 0 Å². The first-order valence-corrected chi connectivity index (χ1v) is 6.93. The zero-order valence-electron chi connectivity index (χ0n) is 10.4. The van der Waals surface area contributed by atoms with E-state index in [-0.39, 0.29) is 11.3 Å². The molecule has 0 aliphatic carbocycles. The van der Waals surface area contributed by atoms with Crippen LogP contribution < -0.4 is 5.56 Å². The Bertz CT molecular complexity index is 834. The van der Waals surface area contributed by atoms with Crippen LogP contribution in [0.2, 0.25) is 0 Å². The van der Waals surface area contributed by atoms with E-state index in [1.165, 1.54) is 4.40 Å². The predicted molar refractivity (Wildman–Crippen MR) is 77.8 cm³/mol. The van der Waals surface area contributed by atoms with Crippen LogP contribution in [0.4, 0.5) is 0 Å². The molecular formula is C15H11NO3S. The minimum atomic E-state index is -0.497. The fourth-order valence-corrected chi connectivity index (χ4v) is 2.97. The van der Waals surface area contributed by atoms with Crippen LogP contribution in [-0.2, 0) is 6.42 Å². The molecule has 0 aliphatic rings. The number of thiophene rings is 1. The topological polar surface area (TPSA) is 58.8 Å². The second-order valence-corrected chi connectivity index (χ2v) is 5.41. The molecule has 0 fully saturated rings. The van der Waals surface area contributed by atoms with E-state index < -0.39 is 5.56 Å². The van der Waals surface area contributed by atoms with E-state index in [2.05, 4.69) is 0 Å². The molecule has 20 heavy (non-hydrogen) atoms. The fraction of sp³-hybridized carbons (Fsp3) is 0.0667. The van der Waals surface area contributed by atoms with Gasteiger partial charge in [0.2, 0.25) is 0 Å². The van der Waals surface area contributed by atoms with Crippen molar-refractivity contribution in [3.05, 3.63) is 68.3 Å². The van der Waals surface area contributed by atoms with E-state index in [0.29, 0.717) is 23.8 Å². The molecule has 0 saturated heterocycles. The molecule has 0 atom stereocenters. The Labute approximate surface area is 118 Å². The number of aromatic nitrogens is 1. The lowest BCUT2D eigenvalue weighted by Crippen LogP contribution is -2.19. The Morgan fingerprint density at radius 2 is 2.10 bits per heavy atom. The third kappa shape index (κ3) is 1.92. The Morgan fingerprint density at radius 3 is 2.80 bits per heavy atom. The SMILES string of the molecule is O=Cc1c(O)c(Cc2cccs2)c2ccccn2c1=O. The summed E-state index contributed by atoms with van der Waals surface area (Å²) >= 11 is 1.57. The lowest BCUT2D eigenvalue weighted by molar-refractivity contribution is 0.111. The third-order valence-corrected chi connectivity index (χ3v) is 4.08. The molecule has 3 heterocycles. The number of hydrogen-bond donors (Lipinski definition) is 1. The van der Waals surface area contributed by atoms with Crippen LogP contribution in [0.3, 0.4) is 0 Å². The van der Waals surface area contributed by atoms with Gasteiger partial charge in [0.25, 0.3) is 5.56 Å².